The number of nitrogens with zero attached hydrogens (tertiary/aromatic N) is 2. The molecule has 0 saturated heterocycles. The Bertz CT molecular complexity index is 646. The third-order valence-corrected chi connectivity index (χ3v) is 4.45. The molecule has 0 bridgehead atoms. The Kier molecular flexibility index (Phi) is 2.81. The van der Waals surface area contributed by atoms with E-state index in [0.717, 1.165) is 36.3 Å². The van der Waals surface area contributed by atoms with Gasteiger partial charge in [-0.3, -0.25) is 0 Å². The summed E-state index contributed by atoms with van der Waals surface area (Å²) in [6.07, 6.45) is 7.76. The van der Waals surface area contributed by atoms with Crippen LogP contribution in [0.5, 0.6) is 0 Å². The van der Waals surface area contributed by atoms with Crippen LogP contribution in [0.1, 0.15) is 54.5 Å². The van der Waals surface area contributed by atoms with Crippen molar-refractivity contribution in [1.82, 2.24) is 9.97 Å². The number of nitrogens with two attached hydrogens (primary N) is 1. The van der Waals surface area contributed by atoms with E-state index in [4.69, 9.17) is 10.7 Å². The largest absolute Gasteiger partial charge is 0.324 e. The zero-order valence-corrected chi connectivity index (χ0v) is 11.5. The number of aromatic nitrogens is 2. The first-order valence-electron chi connectivity index (χ1n) is 7.53. The Morgan fingerprint density at radius 2 is 1.90 bits per heavy atom. The summed E-state index contributed by atoms with van der Waals surface area (Å²) >= 11 is 0. The summed E-state index contributed by atoms with van der Waals surface area (Å²) in [4.78, 5) is 9.41. The van der Waals surface area contributed by atoms with Crippen molar-refractivity contribution in [2.75, 3.05) is 0 Å². The van der Waals surface area contributed by atoms with Gasteiger partial charge in [-0.15, -0.1) is 0 Å². The molecule has 2 N–H and O–H groups in total. The van der Waals surface area contributed by atoms with Crippen molar-refractivity contribution in [1.29, 1.82) is 0 Å². The van der Waals surface area contributed by atoms with E-state index in [-0.39, 0.29) is 6.04 Å². The molecule has 102 valence electrons. The number of benzene rings is 1. The number of rotatable bonds is 2. The minimum Gasteiger partial charge on any atom is -0.324 e. The first kappa shape index (κ1) is 12.0. The molecule has 1 aromatic heterocycles. The minimum absolute atomic E-state index is 0.117. The van der Waals surface area contributed by atoms with Gasteiger partial charge in [0, 0.05) is 29.1 Å². The molecule has 3 heteroatoms. The smallest absolute Gasteiger partial charge is 0.159 e. The second kappa shape index (κ2) is 4.67. The maximum Gasteiger partial charge on any atom is 0.159 e. The van der Waals surface area contributed by atoms with Gasteiger partial charge in [0.1, 0.15) is 0 Å². The zero-order valence-electron chi connectivity index (χ0n) is 11.5. The van der Waals surface area contributed by atoms with Gasteiger partial charge in [-0.05, 0) is 43.6 Å². The van der Waals surface area contributed by atoms with Gasteiger partial charge in [-0.1, -0.05) is 24.3 Å². The van der Waals surface area contributed by atoms with Gasteiger partial charge >= 0.3 is 0 Å². The van der Waals surface area contributed by atoms with Crippen LogP contribution >= 0.6 is 0 Å². The van der Waals surface area contributed by atoms with Crippen LogP contribution in [-0.2, 0) is 6.42 Å². The Balaban J connectivity index is 1.79. The average Bonchev–Trinajstić information content (AvgIpc) is 3.32. The highest BCUT2D eigenvalue weighted by atomic mass is 14.9. The highest BCUT2D eigenvalue weighted by Crippen LogP contribution is 2.43. The van der Waals surface area contributed by atoms with Crippen LogP contribution in [-0.4, -0.2) is 9.97 Å². The Hall–Kier alpha value is -1.74. The van der Waals surface area contributed by atoms with Gasteiger partial charge in [0.05, 0.1) is 0 Å². The van der Waals surface area contributed by atoms with Crippen molar-refractivity contribution < 1.29 is 0 Å². The fourth-order valence-corrected chi connectivity index (χ4v) is 3.16. The lowest BCUT2D eigenvalue weighted by Gasteiger charge is -2.21. The van der Waals surface area contributed by atoms with Crippen molar-refractivity contribution in [2.24, 2.45) is 5.73 Å². The summed E-state index contributed by atoms with van der Waals surface area (Å²) in [7, 11) is 0. The van der Waals surface area contributed by atoms with Gasteiger partial charge in [-0.25, -0.2) is 9.97 Å². The van der Waals surface area contributed by atoms with Crippen LogP contribution in [0.25, 0.3) is 11.4 Å². The van der Waals surface area contributed by atoms with Gasteiger partial charge in [0.2, 0.25) is 0 Å². The van der Waals surface area contributed by atoms with E-state index in [1.54, 1.807) is 0 Å². The normalized spacial score (nSPS) is 21.6. The molecule has 1 atom stereocenters. The number of aryl methyl sites for hydroxylation is 1. The molecule has 2 aliphatic rings. The summed E-state index contributed by atoms with van der Waals surface area (Å²) in [6, 6.07) is 8.69. The predicted octanol–water partition coefficient (Wildman–Crippen LogP) is 3.36. The summed E-state index contributed by atoms with van der Waals surface area (Å²) in [5.74, 6) is 1.59. The summed E-state index contributed by atoms with van der Waals surface area (Å²) in [5, 5.41) is 0. The van der Waals surface area contributed by atoms with Gasteiger partial charge in [0.15, 0.2) is 5.82 Å². The lowest BCUT2D eigenvalue weighted by Crippen LogP contribution is -2.19. The van der Waals surface area contributed by atoms with E-state index in [9.17, 15) is 0 Å². The van der Waals surface area contributed by atoms with Crippen molar-refractivity contribution in [3.63, 3.8) is 0 Å². The SMILES string of the molecule is NC1CCCc2nc(-c3ccccc3C3CC3)ncc21. The molecule has 3 nitrogen and oxygen atoms in total. The Morgan fingerprint density at radius 3 is 2.75 bits per heavy atom. The van der Waals surface area contributed by atoms with E-state index in [0.29, 0.717) is 5.92 Å². The quantitative estimate of drug-likeness (QED) is 0.905. The lowest BCUT2D eigenvalue weighted by molar-refractivity contribution is 0.557. The lowest BCUT2D eigenvalue weighted by atomic mass is 9.93. The predicted molar refractivity (Wildman–Crippen MR) is 79.3 cm³/mol. The van der Waals surface area contributed by atoms with Crippen LogP contribution in [0.3, 0.4) is 0 Å². The van der Waals surface area contributed by atoms with Crippen molar-refractivity contribution in [3.8, 4) is 11.4 Å². The van der Waals surface area contributed by atoms with E-state index < -0.39 is 0 Å². The molecular formula is C17H19N3. The van der Waals surface area contributed by atoms with Crippen LogP contribution < -0.4 is 5.73 Å². The molecule has 0 amide bonds. The van der Waals surface area contributed by atoms with E-state index in [2.05, 4.69) is 29.2 Å². The van der Waals surface area contributed by atoms with E-state index in [1.807, 2.05) is 6.20 Å². The third-order valence-electron chi connectivity index (χ3n) is 4.45. The summed E-state index contributed by atoms with van der Waals surface area (Å²) < 4.78 is 0. The van der Waals surface area contributed by atoms with Crippen molar-refractivity contribution in [3.05, 3.63) is 47.3 Å². The van der Waals surface area contributed by atoms with Gasteiger partial charge in [0.25, 0.3) is 0 Å². The number of fused-ring (bicyclic) bond motifs is 1. The fraction of sp³-hybridized carbons (Fsp3) is 0.412. The number of hydrogen-bond acceptors (Lipinski definition) is 3. The minimum atomic E-state index is 0.117. The Morgan fingerprint density at radius 1 is 1.05 bits per heavy atom. The standard InChI is InChI=1S/C17H19N3/c18-15-6-3-7-16-14(15)10-19-17(20-16)13-5-2-1-4-12(13)11-8-9-11/h1-2,4-5,10-11,15H,3,6-9,18H2. The van der Waals surface area contributed by atoms with Gasteiger partial charge in [-0.2, -0.15) is 0 Å². The summed E-state index contributed by atoms with van der Waals surface area (Å²) in [6.45, 7) is 0. The summed E-state index contributed by atoms with van der Waals surface area (Å²) in [5.41, 5.74) is 11.1. The topological polar surface area (TPSA) is 51.8 Å². The maximum atomic E-state index is 6.14. The second-order valence-electron chi connectivity index (χ2n) is 5.96. The highest BCUT2D eigenvalue weighted by Gasteiger charge is 2.27. The van der Waals surface area contributed by atoms with Crippen molar-refractivity contribution >= 4 is 0 Å². The molecule has 1 unspecified atom stereocenters. The molecular weight excluding hydrogens is 246 g/mol. The molecule has 1 saturated carbocycles. The van der Waals surface area contributed by atoms with E-state index >= 15 is 0 Å². The molecule has 1 aromatic carbocycles. The van der Waals surface area contributed by atoms with Crippen LogP contribution in [0.2, 0.25) is 0 Å². The molecule has 2 aromatic rings. The second-order valence-corrected chi connectivity index (χ2v) is 5.96. The van der Waals surface area contributed by atoms with Crippen LogP contribution in [0.4, 0.5) is 0 Å². The molecule has 20 heavy (non-hydrogen) atoms. The molecule has 0 radical (unpaired) electrons. The van der Waals surface area contributed by atoms with Gasteiger partial charge < -0.3 is 5.73 Å². The molecule has 0 spiro atoms. The third kappa shape index (κ3) is 2.02. The Labute approximate surface area is 119 Å². The zero-order chi connectivity index (χ0) is 13.5. The van der Waals surface area contributed by atoms with Crippen molar-refractivity contribution in [2.45, 2.75) is 44.1 Å². The van der Waals surface area contributed by atoms with Crippen LogP contribution in [0.15, 0.2) is 30.5 Å². The monoisotopic (exact) mass is 265 g/mol. The molecule has 4 rings (SSSR count). The first-order chi connectivity index (χ1) is 9.83. The number of hydrogen-bond donors (Lipinski definition) is 1. The average molecular weight is 265 g/mol. The molecule has 2 aliphatic carbocycles. The maximum absolute atomic E-state index is 6.14. The molecule has 0 aliphatic heterocycles. The molecule has 1 fully saturated rings. The first-order valence-corrected chi connectivity index (χ1v) is 7.53. The fourth-order valence-electron chi connectivity index (χ4n) is 3.16. The highest BCUT2D eigenvalue weighted by molar-refractivity contribution is 5.62. The van der Waals surface area contributed by atoms with E-state index in [1.165, 1.54) is 24.0 Å². The molecule has 1 heterocycles. The van der Waals surface area contributed by atoms with Crippen LogP contribution in [0, 0.1) is 0 Å².